The number of aromatic nitrogens is 2. The van der Waals surface area contributed by atoms with Gasteiger partial charge in [0.1, 0.15) is 0 Å². The maximum atomic E-state index is 6.02. The summed E-state index contributed by atoms with van der Waals surface area (Å²) in [6.07, 6.45) is 13.2. The monoisotopic (exact) mass is 349 g/mol. The average Bonchev–Trinajstić information content (AvgIpc) is 2.85. The normalized spacial score (nSPS) is 16.6. The maximum Gasteiger partial charge on any atom is 0.191 e. The molecule has 0 bridgehead atoms. The fourth-order valence-electron chi connectivity index (χ4n) is 3.16. The average molecular weight is 350 g/mol. The van der Waals surface area contributed by atoms with Gasteiger partial charge >= 0.3 is 0 Å². The second-order valence-electron chi connectivity index (χ2n) is 6.81. The molecule has 0 aromatic carbocycles. The summed E-state index contributed by atoms with van der Waals surface area (Å²) in [5.74, 6) is 0.878. The summed E-state index contributed by atoms with van der Waals surface area (Å²) < 4.78 is 8.00. The van der Waals surface area contributed by atoms with Crippen molar-refractivity contribution in [3.8, 4) is 0 Å². The van der Waals surface area contributed by atoms with Gasteiger partial charge in [0.15, 0.2) is 5.96 Å². The summed E-state index contributed by atoms with van der Waals surface area (Å²) in [5.41, 5.74) is 1.20. The summed E-state index contributed by atoms with van der Waals surface area (Å²) in [7, 11) is 0. The lowest BCUT2D eigenvalue weighted by Crippen LogP contribution is -2.39. The molecular formula is C19H35N5O. The van der Waals surface area contributed by atoms with E-state index in [2.05, 4.69) is 40.8 Å². The zero-order valence-corrected chi connectivity index (χ0v) is 16.0. The molecule has 0 saturated heterocycles. The Balaban J connectivity index is 1.61. The Hall–Kier alpha value is -1.56. The van der Waals surface area contributed by atoms with E-state index in [4.69, 9.17) is 4.74 Å². The third-order valence-electron chi connectivity index (χ3n) is 4.47. The van der Waals surface area contributed by atoms with Crippen LogP contribution in [0.15, 0.2) is 17.4 Å². The van der Waals surface area contributed by atoms with E-state index in [1.165, 1.54) is 44.1 Å². The van der Waals surface area contributed by atoms with Crippen LogP contribution in [0.3, 0.4) is 0 Å². The zero-order chi connectivity index (χ0) is 17.7. The van der Waals surface area contributed by atoms with E-state index in [0.717, 1.165) is 45.2 Å². The lowest BCUT2D eigenvalue weighted by molar-refractivity contribution is 0.0468. The van der Waals surface area contributed by atoms with Crippen molar-refractivity contribution in [1.82, 2.24) is 20.4 Å². The highest BCUT2D eigenvalue weighted by Gasteiger charge is 2.12. The van der Waals surface area contributed by atoms with Crippen LogP contribution in [0, 0.1) is 6.92 Å². The first-order valence-electron chi connectivity index (χ1n) is 9.90. The highest BCUT2D eigenvalue weighted by molar-refractivity contribution is 5.79. The Labute approximate surface area is 152 Å². The minimum absolute atomic E-state index is 0.460. The van der Waals surface area contributed by atoms with Crippen molar-refractivity contribution < 1.29 is 4.74 Å². The number of nitrogens with zero attached hydrogens (tertiary/aromatic N) is 3. The van der Waals surface area contributed by atoms with E-state index in [1.807, 2.05) is 10.9 Å². The number of hydrogen-bond acceptors (Lipinski definition) is 3. The molecule has 1 aromatic heterocycles. The molecule has 2 N–H and O–H groups in total. The van der Waals surface area contributed by atoms with E-state index in [1.54, 1.807) is 0 Å². The first kappa shape index (κ1) is 19.8. The topological polar surface area (TPSA) is 63.5 Å². The van der Waals surface area contributed by atoms with Gasteiger partial charge in [0.05, 0.1) is 18.9 Å². The number of guanidine groups is 1. The van der Waals surface area contributed by atoms with Gasteiger partial charge in [-0.05, 0) is 38.7 Å². The molecule has 1 aliphatic rings. The van der Waals surface area contributed by atoms with Crippen LogP contribution in [0.2, 0.25) is 0 Å². The zero-order valence-electron chi connectivity index (χ0n) is 16.0. The predicted molar refractivity (Wildman–Crippen MR) is 103 cm³/mol. The van der Waals surface area contributed by atoms with Gasteiger partial charge < -0.3 is 15.4 Å². The van der Waals surface area contributed by atoms with Crippen LogP contribution < -0.4 is 10.6 Å². The molecule has 0 unspecified atom stereocenters. The van der Waals surface area contributed by atoms with Crippen LogP contribution in [0.5, 0.6) is 0 Å². The summed E-state index contributed by atoms with van der Waals surface area (Å²) >= 11 is 0. The molecule has 0 atom stereocenters. The fraction of sp³-hybridized carbons (Fsp3) is 0.789. The van der Waals surface area contributed by atoms with E-state index < -0.39 is 0 Å². The van der Waals surface area contributed by atoms with Crippen molar-refractivity contribution in [3.05, 3.63) is 18.0 Å². The van der Waals surface area contributed by atoms with Gasteiger partial charge in [-0.1, -0.05) is 25.7 Å². The molecule has 25 heavy (non-hydrogen) atoms. The number of hydrogen-bond donors (Lipinski definition) is 2. The van der Waals surface area contributed by atoms with Gasteiger partial charge in [-0.2, -0.15) is 5.10 Å². The lowest BCUT2D eigenvalue weighted by atomic mass is 10.1. The van der Waals surface area contributed by atoms with Crippen LogP contribution in [0.1, 0.15) is 57.4 Å². The van der Waals surface area contributed by atoms with Gasteiger partial charge in [0, 0.05) is 32.4 Å². The van der Waals surface area contributed by atoms with Crippen molar-refractivity contribution in [1.29, 1.82) is 0 Å². The molecule has 0 radical (unpaired) electrons. The first-order chi connectivity index (χ1) is 12.3. The minimum Gasteiger partial charge on any atom is -0.376 e. The molecule has 6 nitrogen and oxygen atoms in total. The summed E-state index contributed by atoms with van der Waals surface area (Å²) in [4.78, 5) is 4.63. The number of rotatable bonds is 9. The molecule has 0 spiro atoms. The van der Waals surface area contributed by atoms with Gasteiger partial charge in [-0.3, -0.25) is 9.67 Å². The van der Waals surface area contributed by atoms with E-state index >= 15 is 0 Å². The lowest BCUT2D eigenvalue weighted by Gasteiger charge is -2.16. The van der Waals surface area contributed by atoms with Crippen molar-refractivity contribution in [2.24, 2.45) is 4.99 Å². The summed E-state index contributed by atoms with van der Waals surface area (Å²) in [6.45, 7) is 8.27. The number of ether oxygens (including phenoxy) is 1. The van der Waals surface area contributed by atoms with Gasteiger partial charge in [0.25, 0.3) is 0 Å². The summed E-state index contributed by atoms with van der Waals surface area (Å²) in [5, 5.41) is 11.0. The highest BCUT2D eigenvalue weighted by atomic mass is 16.5. The molecule has 0 aliphatic heterocycles. The molecular weight excluding hydrogens is 314 g/mol. The Morgan fingerprint density at radius 1 is 1.28 bits per heavy atom. The Kier molecular flexibility index (Phi) is 9.41. The quantitative estimate of drug-likeness (QED) is 0.311. The molecule has 1 aliphatic carbocycles. The van der Waals surface area contributed by atoms with E-state index in [0.29, 0.717) is 6.10 Å². The van der Waals surface area contributed by atoms with Crippen LogP contribution in [-0.4, -0.2) is 48.1 Å². The number of aliphatic imine (C=N–C) groups is 1. The third kappa shape index (κ3) is 8.38. The first-order valence-corrected chi connectivity index (χ1v) is 9.90. The molecule has 2 rings (SSSR count). The largest absolute Gasteiger partial charge is 0.376 e. The molecule has 1 saturated carbocycles. The molecule has 142 valence electrons. The van der Waals surface area contributed by atoms with Crippen LogP contribution in [0.25, 0.3) is 0 Å². The summed E-state index contributed by atoms with van der Waals surface area (Å²) in [6, 6.07) is 0. The second-order valence-corrected chi connectivity index (χ2v) is 6.81. The Morgan fingerprint density at radius 2 is 2.08 bits per heavy atom. The minimum atomic E-state index is 0.460. The van der Waals surface area contributed by atoms with E-state index in [9.17, 15) is 0 Å². The van der Waals surface area contributed by atoms with Gasteiger partial charge in [0.2, 0.25) is 0 Å². The van der Waals surface area contributed by atoms with Gasteiger partial charge in [-0.25, -0.2) is 0 Å². The smallest absolute Gasteiger partial charge is 0.191 e. The van der Waals surface area contributed by atoms with E-state index in [-0.39, 0.29) is 0 Å². The fourth-order valence-corrected chi connectivity index (χ4v) is 3.16. The molecule has 0 amide bonds. The van der Waals surface area contributed by atoms with Crippen LogP contribution in [0.4, 0.5) is 0 Å². The Morgan fingerprint density at radius 3 is 2.76 bits per heavy atom. The van der Waals surface area contributed by atoms with Crippen molar-refractivity contribution in [2.75, 3.05) is 26.2 Å². The maximum absolute atomic E-state index is 6.02. The van der Waals surface area contributed by atoms with Gasteiger partial charge in [-0.15, -0.1) is 0 Å². The van der Waals surface area contributed by atoms with Crippen molar-refractivity contribution in [2.45, 2.75) is 71.4 Å². The molecule has 1 aromatic rings. The second kappa shape index (κ2) is 11.9. The number of nitrogens with one attached hydrogen (secondary N) is 2. The molecule has 1 heterocycles. The third-order valence-corrected chi connectivity index (χ3v) is 4.47. The predicted octanol–water partition coefficient (Wildman–Crippen LogP) is 2.88. The highest BCUT2D eigenvalue weighted by Crippen LogP contribution is 2.19. The van der Waals surface area contributed by atoms with Crippen molar-refractivity contribution in [3.63, 3.8) is 0 Å². The standard InChI is InChI=1S/C19H35N5O/c1-3-20-19(21-11-8-13-24-16-17(2)15-23-24)22-12-14-25-18-9-6-4-5-7-10-18/h15-16,18H,3-14H2,1-2H3,(H2,20,21,22). The number of aryl methyl sites for hydroxylation is 2. The van der Waals surface area contributed by atoms with Crippen LogP contribution in [-0.2, 0) is 11.3 Å². The molecule has 1 fully saturated rings. The van der Waals surface area contributed by atoms with Crippen LogP contribution >= 0.6 is 0 Å². The van der Waals surface area contributed by atoms with Crippen molar-refractivity contribution >= 4 is 5.96 Å². The Bertz CT molecular complexity index is 492. The SMILES string of the molecule is CCNC(=NCCCn1cc(C)cn1)NCCOC1CCCCCC1. The molecule has 6 heteroatoms.